The van der Waals surface area contributed by atoms with Gasteiger partial charge in [-0.05, 0) is 18.2 Å². The molecule has 1 aliphatic heterocycles. The summed E-state index contributed by atoms with van der Waals surface area (Å²) in [6.45, 7) is 0.886. The number of phenolic OH excluding ortho intramolecular Hbond substituents is 2. The molecule has 0 saturated carbocycles. The first-order valence-corrected chi connectivity index (χ1v) is 3.52. The number of nitrogens with one attached hydrogen (secondary N) is 1. The molecule has 0 bridgehead atoms. The van der Waals surface area contributed by atoms with Crippen molar-refractivity contribution in [1.29, 1.82) is 0 Å². The van der Waals surface area contributed by atoms with Crippen LogP contribution in [0.4, 0.5) is 0 Å². The topological polar surface area (TPSA) is 62.4 Å². The minimum atomic E-state index is 0.200. The highest BCUT2D eigenvalue weighted by Crippen LogP contribution is 2.32. The van der Waals surface area contributed by atoms with Crippen molar-refractivity contribution in [2.45, 2.75) is 6.04 Å². The number of rotatable bonds is 1. The monoisotopic (exact) mass is 151 g/mol. The molecule has 0 aromatic heterocycles. The van der Waals surface area contributed by atoms with Gasteiger partial charge in [0.2, 0.25) is 0 Å². The molecule has 0 radical (unpaired) electrons. The Morgan fingerprint density at radius 3 is 2.73 bits per heavy atom. The second kappa shape index (κ2) is 2.13. The Morgan fingerprint density at radius 1 is 1.36 bits per heavy atom. The van der Waals surface area contributed by atoms with Gasteiger partial charge in [-0.25, -0.2) is 0 Å². The summed E-state index contributed by atoms with van der Waals surface area (Å²) in [5, 5.41) is 21.4. The lowest BCUT2D eigenvalue weighted by Crippen LogP contribution is -1.84. The molecule has 0 unspecified atom stereocenters. The zero-order valence-electron chi connectivity index (χ0n) is 5.91. The molecule has 0 aliphatic carbocycles. The molecule has 1 aliphatic rings. The first-order valence-electron chi connectivity index (χ1n) is 3.52. The van der Waals surface area contributed by atoms with Crippen LogP contribution in [0.25, 0.3) is 0 Å². The van der Waals surface area contributed by atoms with Crippen LogP contribution in [0, 0.1) is 0 Å². The van der Waals surface area contributed by atoms with Crippen LogP contribution in [0.2, 0.25) is 0 Å². The number of benzene rings is 1. The fourth-order valence-corrected chi connectivity index (χ4v) is 1.10. The second-order valence-corrected chi connectivity index (χ2v) is 2.70. The van der Waals surface area contributed by atoms with E-state index in [9.17, 15) is 5.11 Å². The molecule has 1 atom stereocenters. The summed E-state index contributed by atoms with van der Waals surface area (Å²) in [4.78, 5) is 0. The lowest BCUT2D eigenvalue weighted by molar-refractivity contribution is 0.454. The molecule has 2 rings (SSSR count). The van der Waals surface area contributed by atoms with Crippen molar-refractivity contribution >= 4 is 0 Å². The summed E-state index contributed by atoms with van der Waals surface area (Å²) in [7, 11) is 0. The van der Waals surface area contributed by atoms with Crippen molar-refractivity contribution in [3.8, 4) is 11.5 Å². The van der Waals surface area contributed by atoms with Crippen LogP contribution in [0.15, 0.2) is 18.2 Å². The molecule has 3 nitrogen and oxygen atoms in total. The Hall–Kier alpha value is -1.22. The Bertz CT molecular complexity index is 281. The molecule has 58 valence electrons. The maximum absolute atomic E-state index is 9.29. The van der Waals surface area contributed by atoms with Gasteiger partial charge in [0.25, 0.3) is 0 Å². The standard InChI is InChI=1S/C8H9NO2/c10-5-1-2-8(11)6(3-5)7-4-9-7/h1-3,7,9-11H,4H2/t7-/m1/s1. The van der Waals surface area contributed by atoms with Crippen LogP contribution in [0.1, 0.15) is 11.6 Å². The van der Waals surface area contributed by atoms with Crippen molar-refractivity contribution < 1.29 is 10.2 Å². The Labute approximate surface area is 64.3 Å². The number of aromatic hydroxyl groups is 2. The van der Waals surface area contributed by atoms with Crippen molar-refractivity contribution in [2.24, 2.45) is 0 Å². The molecule has 1 aromatic rings. The molecule has 1 aromatic carbocycles. The summed E-state index contributed by atoms with van der Waals surface area (Å²) < 4.78 is 0. The van der Waals surface area contributed by atoms with Gasteiger partial charge in [-0.1, -0.05) is 0 Å². The molecular weight excluding hydrogens is 142 g/mol. The Kier molecular flexibility index (Phi) is 1.26. The van der Waals surface area contributed by atoms with E-state index >= 15 is 0 Å². The fraction of sp³-hybridized carbons (Fsp3) is 0.250. The van der Waals surface area contributed by atoms with Gasteiger partial charge in [0.15, 0.2) is 0 Å². The van der Waals surface area contributed by atoms with E-state index in [4.69, 9.17) is 5.11 Å². The predicted octanol–water partition coefficient (Wildman–Crippen LogP) is 0.742. The van der Waals surface area contributed by atoms with E-state index in [0.29, 0.717) is 0 Å². The fourth-order valence-electron chi connectivity index (χ4n) is 1.10. The van der Waals surface area contributed by atoms with E-state index in [1.54, 1.807) is 6.07 Å². The second-order valence-electron chi connectivity index (χ2n) is 2.70. The minimum Gasteiger partial charge on any atom is -0.508 e. The Balaban J connectivity index is 2.42. The van der Waals surface area contributed by atoms with Crippen LogP contribution >= 0.6 is 0 Å². The quantitative estimate of drug-likeness (QED) is 0.410. The molecule has 3 N–H and O–H groups in total. The van der Waals surface area contributed by atoms with E-state index in [2.05, 4.69) is 5.32 Å². The number of hydrogen-bond donors (Lipinski definition) is 3. The maximum atomic E-state index is 9.29. The summed E-state index contributed by atoms with van der Waals surface area (Å²) >= 11 is 0. The lowest BCUT2D eigenvalue weighted by atomic mass is 10.1. The van der Waals surface area contributed by atoms with Crippen molar-refractivity contribution in [2.75, 3.05) is 6.54 Å². The van der Waals surface area contributed by atoms with Gasteiger partial charge in [-0.2, -0.15) is 0 Å². The molecule has 1 heterocycles. The number of hydrogen-bond acceptors (Lipinski definition) is 3. The normalized spacial score (nSPS) is 21.6. The van der Waals surface area contributed by atoms with E-state index < -0.39 is 0 Å². The van der Waals surface area contributed by atoms with Crippen LogP contribution in [0.3, 0.4) is 0 Å². The molecule has 1 fully saturated rings. The molecule has 1 saturated heterocycles. The third-order valence-corrected chi connectivity index (χ3v) is 1.79. The highest BCUT2D eigenvalue weighted by atomic mass is 16.3. The average molecular weight is 151 g/mol. The SMILES string of the molecule is Oc1ccc(O)c([C@H]2CN2)c1. The van der Waals surface area contributed by atoms with E-state index in [1.807, 2.05) is 0 Å². The largest absolute Gasteiger partial charge is 0.508 e. The molecule has 11 heavy (non-hydrogen) atoms. The lowest BCUT2D eigenvalue weighted by Gasteiger charge is -2.00. The van der Waals surface area contributed by atoms with Crippen LogP contribution in [-0.4, -0.2) is 16.8 Å². The zero-order chi connectivity index (χ0) is 7.84. The summed E-state index contributed by atoms with van der Waals surface area (Å²) in [5.41, 5.74) is 0.782. The van der Waals surface area contributed by atoms with E-state index in [1.165, 1.54) is 12.1 Å². The molecule has 0 amide bonds. The summed E-state index contributed by atoms with van der Waals surface area (Å²) in [6.07, 6.45) is 0. The maximum Gasteiger partial charge on any atom is 0.120 e. The summed E-state index contributed by atoms with van der Waals surface area (Å²) in [5.74, 6) is 0.448. The van der Waals surface area contributed by atoms with E-state index in [0.717, 1.165) is 12.1 Å². The summed E-state index contributed by atoms with van der Waals surface area (Å²) in [6, 6.07) is 4.80. The van der Waals surface area contributed by atoms with Gasteiger partial charge in [0.05, 0.1) is 0 Å². The minimum absolute atomic E-state index is 0.200. The average Bonchev–Trinajstić information content (AvgIpc) is 2.76. The smallest absolute Gasteiger partial charge is 0.120 e. The van der Waals surface area contributed by atoms with Gasteiger partial charge < -0.3 is 15.5 Å². The highest BCUT2D eigenvalue weighted by molar-refractivity contribution is 5.42. The van der Waals surface area contributed by atoms with Crippen LogP contribution in [-0.2, 0) is 0 Å². The molecule has 3 heteroatoms. The molecular formula is C8H9NO2. The van der Waals surface area contributed by atoms with Crippen molar-refractivity contribution in [3.63, 3.8) is 0 Å². The van der Waals surface area contributed by atoms with Gasteiger partial charge in [0.1, 0.15) is 11.5 Å². The third kappa shape index (κ3) is 1.14. The van der Waals surface area contributed by atoms with Gasteiger partial charge in [-0.3, -0.25) is 0 Å². The van der Waals surface area contributed by atoms with Crippen molar-refractivity contribution in [3.05, 3.63) is 23.8 Å². The molecule has 0 spiro atoms. The van der Waals surface area contributed by atoms with Crippen molar-refractivity contribution in [1.82, 2.24) is 5.32 Å². The van der Waals surface area contributed by atoms with E-state index in [-0.39, 0.29) is 17.5 Å². The van der Waals surface area contributed by atoms with Gasteiger partial charge in [0, 0.05) is 18.2 Å². The first-order chi connectivity index (χ1) is 5.27. The van der Waals surface area contributed by atoms with Crippen LogP contribution in [0.5, 0.6) is 11.5 Å². The van der Waals surface area contributed by atoms with Gasteiger partial charge >= 0.3 is 0 Å². The number of phenols is 2. The van der Waals surface area contributed by atoms with Crippen LogP contribution < -0.4 is 5.32 Å². The zero-order valence-corrected chi connectivity index (χ0v) is 5.91. The Morgan fingerprint density at radius 2 is 2.09 bits per heavy atom. The third-order valence-electron chi connectivity index (χ3n) is 1.79. The first kappa shape index (κ1) is 6.49. The predicted molar refractivity (Wildman–Crippen MR) is 40.5 cm³/mol. The highest BCUT2D eigenvalue weighted by Gasteiger charge is 2.25. The van der Waals surface area contributed by atoms with Gasteiger partial charge in [-0.15, -0.1) is 0 Å².